The molecular weight excluding hydrogens is 339 g/mol. The summed E-state index contributed by atoms with van der Waals surface area (Å²) in [5.41, 5.74) is 0. The summed E-state index contributed by atoms with van der Waals surface area (Å²) in [6.45, 7) is 9.76. The summed E-state index contributed by atoms with van der Waals surface area (Å²) in [6, 6.07) is 1.70. The van der Waals surface area contributed by atoms with Crippen LogP contribution < -0.4 is 0 Å². The van der Waals surface area contributed by atoms with E-state index in [0.29, 0.717) is 8.55 Å². The molecule has 0 N–H and O–H groups in total. The molecular formula is C6H33NSi9. The normalized spacial score (nSPS) is 22.7. The topological polar surface area (TPSA) is 3.24 Å². The van der Waals surface area contributed by atoms with Crippen molar-refractivity contribution in [3.05, 3.63) is 0 Å². The summed E-state index contributed by atoms with van der Waals surface area (Å²) in [4.78, 5) is 0. The molecule has 0 aliphatic rings. The first kappa shape index (κ1) is 17.9. The largest absolute Gasteiger partial charge is 0.328 e. The molecule has 0 amide bonds. The Bertz CT molecular complexity index is 203. The van der Waals surface area contributed by atoms with E-state index in [4.69, 9.17) is 0 Å². The van der Waals surface area contributed by atoms with E-state index in [0.717, 1.165) is 12.1 Å². The molecule has 0 rings (SSSR count). The zero-order valence-corrected chi connectivity index (χ0v) is 27.8. The van der Waals surface area contributed by atoms with Crippen LogP contribution in [-0.2, 0) is 0 Å². The second-order valence-corrected chi connectivity index (χ2v) is 137. The molecule has 1 nitrogen and oxygen atoms in total. The van der Waals surface area contributed by atoms with Gasteiger partial charge in [-0.25, -0.2) is 0 Å². The van der Waals surface area contributed by atoms with Crippen molar-refractivity contribution in [2.45, 2.75) is 39.8 Å². The number of hydrogen-bond donors (Lipinski definition) is 0. The molecule has 0 spiro atoms. The predicted molar refractivity (Wildman–Crippen MR) is 110 cm³/mol. The van der Waals surface area contributed by atoms with Crippen molar-refractivity contribution in [3.63, 3.8) is 0 Å². The molecule has 0 heterocycles. The molecule has 0 atom stereocenters. The summed E-state index contributed by atoms with van der Waals surface area (Å²) in [5.74, 6) is 0. The molecule has 0 saturated heterocycles. The van der Waals surface area contributed by atoms with Crippen molar-refractivity contribution in [3.8, 4) is 0 Å². The third kappa shape index (κ3) is 8.09. The Kier molecular flexibility index (Phi) is 7.72. The van der Waals surface area contributed by atoms with Gasteiger partial charge in [0.25, 0.3) is 0 Å². The van der Waals surface area contributed by atoms with Crippen LogP contribution in [0.4, 0.5) is 0 Å². The van der Waals surface area contributed by atoms with E-state index in [1.54, 1.807) is 48.8 Å². The van der Waals surface area contributed by atoms with Crippen LogP contribution in [0.15, 0.2) is 0 Å². The van der Waals surface area contributed by atoms with Crippen molar-refractivity contribution in [1.29, 1.82) is 0 Å². The van der Waals surface area contributed by atoms with E-state index in [-0.39, 0.29) is 21.5 Å². The summed E-state index contributed by atoms with van der Waals surface area (Å²) >= 11 is 0. The molecule has 0 radical (unpaired) electrons. The summed E-state index contributed by atoms with van der Waals surface area (Å²) in [7, 11) is 9.35. The quantitative estimate of drug-likeness (QED) is 0.419. The van der Waals surface area contributed by atoms with Gasteiger partial charge >= 0.3 is 0 Å². The third-order valence-corrected chi connectivity index (χ3v) is 97.7. The molecule has 0 aliphatic heterocycles. The van der Waals surface area contributed by atoms with Crippen molar-refractivity contribution in [2.24, 2.45) is 0 Å². The van der Waals surface area contributed by atoms with Crippen LogP contribution >= 0.6 is 0 Å². The van der Waals surface area contributed by atoms with Gasteiger partial charge in [-0.15, -0.1) is 0 Å². The highest BCUT2D eigenvalue weighted by atomic mass is 30.3. The van der Waals surface area contributed by atoms with Gasteiger partial charge in [0.1, 0.15) is 0 Å². The summed E-state index contributed by atoms with van der Waals surface area (Å²) in [6.07, 6.45) is -0.614. The van der Waals surface area contributed by atoms with Crippen LogP contribution in [0.2, 0.25) is 0 Å². The monoisotopic (exact) mass is 371 g/mol. The molecule has 98 valence electrons. The van der Waals surface area contributed by atoms with Gasteiger partial charge in [0.15, 0.2) is 0 Å². The SMILES string of the molecule is CC(C)N([SiH2][Si]([SiH3])([SiH3])[SiH2][Si]([SiH3])([SiH3])[SiH3])C(C)C. The fourth-order valence-corrected chi connectivity index (χ4v) is 371. The highest BCUT2D eigenvalue weighted by Gasteiger charge is 2.32. The van der Waals surface area contributed by atoms with Gasteiger partial charge in [-0.1, -0.05) is 27.7 Å². The molecule has 0 aromatic rings. The van der Waals surface area contributed by atoms with Crippen LogP contribution in [0, 0.1) is 0 Å². The summed E-state index contributed by atoms with van der Waals surface area (Å²) < 4.78 is 2.98. The zero-order valence-electron chi connectivity index (χ0n) is 13.0. The number of hydrogen-bond acceptors (Lipinski definition) is 1. The lowest BCUT2D eigenvalue weighted by Gasteiger charge is -2.39. The van der Waals surface area contributed by atoms with E-state index < -0.39 is 0 Å². The molecule has 0 aromatic carbocycles. The first-order valence-electron chi connectivity index (χ1n) is 6.70. The smallest absolute Gasteiger partial charge is 0.0776 e. The van der Waals surface area contributed by atoms with Gasteiger partial charge < -0.3 is 4.57 Å². The van der Waals surface area contributed by atoms with Crippen molar-refractivity contribution in [1.82, 2.24) is 4.57 Å². The Morgan fingerprint density at radius 1 is 0.875 bits per heavy atom. The predicted octanol–water partition coefficient (Wildman–Crippen LogP) is -6.94. The Balaban J connectivity index is 4.54. The van der Waals surface area contributed by atoms with E-state index in [2.05, 4.69) is 32.3 Å². The van der Waals surface area contributed by atoms with Gasteiger partial charge in [0.2, 0.25) is 0 Å². The fraction of sp³-hybridized carbons (Fsp3) is 1.00. The zero-order chi connectivity index (χ0) is 13.1. The van der Waals surface area contributed by atoms with Gasteiger partial charge in [-0.05, 0) is 75.6 Å². The molecule has 0 fully saturated rings. The molecule has 16 heavy (non-hydrogen) atoms. The van der Waals surface area contributed by atoms with Crippen molar-refractivity contribution < 1.29 is 0 Å². The first-order chi connectivity index (χ1) is 6.94. The Morgan fingerprint density at radius 2 is 1.25 bits per heavy atom. The lowest BCUT2D eigenvalue weighted by Crippen LogP contribution is -2.68. The lowest BCUT2D eigenvalue weighted by molar-refractivity contribution is 0.317. The highest BCUT2D eigenvalue weighted by Crippen LogP contribution is 2.06. The van der Waals surface area contributed by atoms with Gasteiger partial charge in [-0.2, -0.15) is 0 Å². The maximum atomic E-state index is 2.98. The van der Waals surface area contributed by atoms with Gasteiger partial charge in [-0.3, -0.25) is 0 Å². The van der Waals surface area contributed by atoms with Crippen molar-refractivity contribution in [2.75, 3.05) is 0 Å². The minimum absolute atomic E-state index is 0.234. The maximum absolute atomic E-state index is 2.98. The Hall–Kier alpha value is 1.91. The number of rotatable bonds is 6. The van der Waals surface area contributed by atoms with E-state index >= 15 is 0 Å². The van der Waals surface area contributed by atoms with Crippen LogP contribution in [0.25, 0.3) is 0 Å². The Labute approximate surface area is 122 Å². The molecule has 10 heteroatoms. The first-order valence-corrected chi connectivity index (χ1v) is 35.8. The lowest BCUT2D eigenvalue weighted by atomic mass is 10.3. The van der Waals surface area contributed by atoms with Gasteiger partial charge in [0.05, 0.1) is 9.20 Å². The van der Waals surface area contributed by atoms with Crippen LogP contribution in [0.3, 0.4) is 0 Å². The molecule has 0 aromatic heterocycles. The fourth-order valence-electron chi connectivity index (χ4n) is 2.95. The van der Waals surface area contributed by atoms with E-state index in [9.17, 15) is 0 Å². The molecule has 0 aliphatic carbocycles. The molecule has 0 saturated carbocycles. The van der Waals surface area contributed by atoms with Gasteiger partial charge in [0, 0.05) is 6.14 Å². The Morgan fingerprint density at radius 3 is 1.50 bits per heavy atom. The van der Waals surface area contributed by atoms with Crippen LogP contribution in [0.5, 0.6) is 0 Å². The van der Waals surface area contributed by atoms with Crippen LogP contribution in [0.1, 0.15) is 27.7 Å². The van der Waals surface area contributed by atoms with E-state index in [1.165, 1.54) is 0 Å². The molecule has 0 unspecified atom stereocenters. The van der Waals surface area contributed by atoms with E-state index in [1.807, 2.05) is 0 Å². The highest BCUT2D eigenvalue weighted by molar-refractivity contribution is 8.00. The number of nitrogens with zero attached hydrogens (tertiary/aromatic N) is 1. The minimum atomic E-state index is -0.380. The van der Waals surface area contributed by atoms with Crippen LogP contribution in [-0.4, -0.2) is 95.5 Å². The molecule has 0 bridgehead atoms. The average molecular weight is 372 g/mol. The van der Waals surface area contributed by atoms with Crippen molar-refractivity contribution >= 4 is 78.8 Å². The average Bonchev–Trinajstić information content (AvgIpc) is 1.94. The summed E-state index contributed by atoms with van der Waals surface area (Å²) in [5, 5.41) is 0. The second kappa shape index (κ2) is 6.90. The third-order valence-electron chi connectivity index (χ3n) is 2.95. The minimum Gasteiger partial charge on any atom is -0.328 e. The standard InChI is InChI=1S/C6H33NSi9/c1-5(2)7(6(3)4)13-16(11,12)14-15(8,9)10/h5-6H,13-14H2,1-4,8-12H3. The maximum Gasteiger partial charge on any atom is 0.0776 e. The second-order valence-electron chi connectivity index (χ2n) is 7.76.